The highest BCUT2D eigenvalue weighted by Crippen LogP contribution is 2.23. The van der Waals surface area contributed by atoms with E-state index in [1.54, 1.807) is 12.1 Å². The smallest absolute Gasteiger partial charge is 0.115 e. The molecule has 0 radical (unpaired) electrons. The summed E-state index contributed by atoms with van der Waals surface area (Å²) in [6, 6.07) is 21.1. The summed E-state index contributed by atoms with van der Waals surface area (Å²) in [5.41, 5.74) is 1.92. The van der Waals surface area contributed by atoms with Gasteiger partial charge >= 0.3 is 0 Å². The van der Waals surface area contributed by atoms with Crippen molar-refractivity contribution in [1.82, 2.24) is 0 Å². The normalized spacial score (nSPS) is 12.4. The molecule has 0 heterocycles. The number of phenolic OH excluding ortho intramolecular Hbond substituents is 1. The van der Waals surface area contributed by atoms with Crippen molar-refractivity contribution >= 4 is 10.8 Å². The van der Waals surface area contributed by atoms with Crippen molar-refractivity contribution in [3.05, 3.63) is 77.9 Å². The van der Waals surface area contributed by atoms with E-state index in [0.717, 1.165) is 16.5 Å². The Morgan fingerprint density at radius 3 is 2.25 bits per heavy atom. The first-order chi connectivity index (χ1) is 9.72. The maximum absolute atomic E-state index is 10.3. The Morgan fingerprint density at radius 2 is 1.50 bits per heavy atom. The topological polar surface area (TPSA) is 40.5 Å². The van der Waals surface area contributed by atoms with E-state index in [4.69, 9.17) is 0 Å². The molecule has 3 aromatic rings. The van der Waals surface area contributed by atoms with Crippen LogP contribution in [0.3, 0.4) is 0 Å². The minimum atomic E-state index is -0.538. The van der Waals surface area contributed by atoms with E-state index in [2.05, 4.69) is 6.07 Å². The summed E-state index contributed by atoms with van der Waals surface area (Å²) < 4.78 is 0. The molecule has 0 spiro atoms. The summed E-state index contributed by atoms with van der Waals surface area (Å²) in [4.78, 5) is 0. The standard InChI is InChI=1S/C18H16O2/c19-17-9-5-13(6-10-17)11-18(20)16-8-7-14-3-1-2-4-15(14)12-16/h1-10,12,18-20H,11H2. The first-order valence-electron chi connectivity index (χ1n) is 6.67. The van der Waals surface area contributed by atoms with Gasteiger partial charge in [-0.05, 0) is 40.1 Å². The molecule has 0 saturated carbocycles. The third-order valence-electron chi connectivity index (χ3n) is 3.52. The van der Waals surface area contributed by atoms with Crippen LogP contribution in [0.4, 0.5) is 0 Å². The molecular weight excluding hydrogens is 248 g/mol. The van der Waals surface area contributed by atoms with Gasteiger partial charge in [-0.3, -0.25) is 0 Å². The molecule has 3 rings (SSSR count). The SMILES string of the molecule is Oc1ccc(CC(O)c2ccc3ccccc3c2)cc1. The minimum Gasteiger partial charge on any atom is -0.508 e. The largest absolute Gasteiger partial charge is 0.508 e. The number of aliphatic hydroxyl groups excluding tert-OH is 1. The Labute approximate surface area is 117 Å². The third-order valence-corrected chi connectivity index (χ3v) is 3.52. The van der Waals surface area contributed by atoms with Crippen LogP contribution in [0.25, 0.3) is 10.8 Å². The van der Waals surface area contributed by atoms with Crippen LogP contribution in [0.5, 0.6) is 5.75 Å². The monoisotopic (exact) mass is 264 g/mol. The van der Waals surface area contributed by atoms with Crippen molar-refractivity contribution in [3.63, 3.8) is 0 Å². The first kappa shape index (κ1) is 12.7. The lowest BCUT2D eigenvalue weighted by molar-refractivity contribution is 0.178. The quantitative estimate of drug-likeness (QED) is 0.755. The molecule has 2 N–H and O–H groups in total. The van der Waals surface area contributed by atoms with Crippen molar-refractivity contribution in [2.24, 2.45) is 0 Å². The van der Waals surface area contributed by atoms with Crippen molar-refractivity contribution < 1.29 is 10.2 Å². The highest BCUT2D eigenvalue weighted by molar-refractivity contribution is 5.83. The van der Waals surface area contributed by atoms with E-state index in [1.165, 1.54) is 5.39 Å². The zero-order valence-electron chi connectivity index (χ0n) is 11.0. The Kier molecular flexibility index (Phi) is 3.40. The number of rotatable bonds is 3. The predicted molar refractivity (Wildman–Crippen MR) is 80.7 cm³/mol. The second-order valence-corrected chi connectivity index (χ2v) is 4.99. The summed E-state index contributed by atoms with van der Waals surface area (Å²) in [7, 11) is 0. The number of benzene rings is 3. The van der Waals surface area contributed by atoms with E-state index in [-0.39, 0.29) is 5.75 Å². The maximum Gasteiger partial charge on any atom is 0.115 e. The van der Waals surface area contributed by atoms with Gasteiger partial charge < -0.3 is 10.2 Å². The average molecular weight is 264 g/mol. The molecule has 0 amide bonds. The van der Waals surface area contributed by atoms with E-state index in [1.807, 2.05) is 48.5 Å². The second-order valence-electron chi connectivity index (χ2n) is 4.99. The van der Waals surface area contributed by atoms with Gasteiger partial charge in [-0.1, -0.05) is 48.5 Å². The van der Waals surface area contributed by atoms with Crippen LogP contribution in [0.2, 0.25) is 0 Å². The number of aliphatic hydroxyl groups is 1. The Balaban J connectivity index is 1.84. The number of hydrogen-bond acceptors (Lipinski definition) is 2. The molecule has 20 heavy (non-hydrogen) atoms. The zero-order valence-corrected chi connectivity index (χ0v) is 11.0. The van der Waals surface area contributed by atoms with Crippen LogP contribution in [-0.2, 0) is 6.42 Å². The van der Waals surface area contributed by atoms with Gasteiger partial charge in [-0.2, -0.15) is 0 Å². The molecule has 0 bridgehead atoms. The number of phenols is 1. The summed E-state index contributed by atoms with van der Waals surface area (Å²) in [6.07, 6.45) is 0.00247. The van der Waals surface area contributed by atoms with Crippen LogP contribution < -0.4 is 0 Å². The molecular formula is C18H16O2. The van der Waals surface area contributed by atoms with Crippen LogP contribution in [-0.4, -0.2) is 10.2 Å². The summed E-state index contributed by atoms with van der Waals surface area (Å²) in [5.74, 6) is 0.244. The van der Waals surface area contributed by atoms with Gasteiger partial charge in [0.1, 0.15) is 5.75 Å². The summed E-state index contributed by atoms with van der Waals surface area (Å²) >= 11 is 0. The van der Waals surface area contributed by atoms with Gasteiger partial charge in [0, 0.05) is 6.42 Å². The van der Waals surface area contributed by atoms with Crippen molar-refractivity contribution in [3.8, 4) is 5.75 Å². The van der Waals surface area contributed by atoms with Crippen molar-refractivity contribution in [2.75, 3.05) is 0 Å². The third kappa shape index (κ3) is 2.65. The van der Waals surface area contributed by atoms with Crippen LogP contribution in [0.15, 0.2) is 66.7 Å². The predicted octanol–water partition coefficient (Wildman–Crippen LogP) is 3.82. The van der Waals surface area contributed by atoms with Gasteiger partial charge in [0.2, 0.25) is 0 Å². The molecule has 100 valence electrons. The summed E-state index contributed by atoms with van der Waals surface area (Å²) in [5, 5.41) is 21.9. The minimum absolute atomic E-state index is 0.244. The molecule has 0 fully saturated rings. The fourth-order valence-corrected chi connectivity index (χ4v) is 2.39. The van der Waals surface area contributed by atoms with Gasteiger partial charge in [0.05, 0.1) is 6.10 Å². The number of fused-ring (bicyclic) bond motifs is 1. The van der Waals surface area contributed by atoms with E-state index < -0.39 is 6.10 Å². The highest BCUT2D eigenvalue weighted by Gasteiger charge is 2.09. The Morgan fingerprint density at radius 1 is 0.800 bits per heavy atom. The van der Waals surface area contributed by atoms with Gasteiger partial charge in [-0.15, -0.1) is 0 Å². The van der Waals surface area contributed by atoms with Gasteiger partial charge in [-0.25, -0.2) is 0 Å². The van der Waals surface area contributed by atoms with Crippen LogP contribution in [0, 0.1) is 0 Å². The molecule has 0 saturated heterocycles. The molecule has 1 unspecified atom stereocenters. The van der Waals surface area contributed by atoms with E-state index >= 15 is 0 Å². The molecule has 3 aromatic carbocycles. The fourth-order valence-electron chi connectivity index (χ4n) is 2.39. The van der Waals surface area contributed by atoms with Gasteiger partial charge in [0.15, 0.2) is 0 Å². The maximum atomic E-state index is 10.3. The number of hydrogen-bond donors (Lipinski definition) is 2. The highest BCUT2D eigenvalue weighted by atomic mass is 16.3. The lowest BCUT2D eigenvalue weighted by Crippen LogP contribution is -2.01. The average Bonchev–Trinajstić information content (AvgIpc) is 2.49. The molecule has 2 heteroatoms. The first-order valence-corrected chi connectivity index (χ1v) is 6.67. The molecule has 1 atom stereocenters. The molecule has 0 aromatic heterocycles. The number of aromatic hydroxyl groups is 1. The lowest BCUT2D eigenvalue weighted by atomic mass is 9.99. The van der Waals surface area contributed by atoms with Crippen LogP contribution >= 0.6 is 0 Å². The second kappa shape index (κ2) is 5.35. The Hall–Kier alpha value is -2.32. The molecule has 0 aliphatic carbocycles. The lowest BCUT2D eigenvalue weighted by Gasteiger charge is -2.12. The van der Waals surface area contributed by atoms with E-state index in [0.29, 0.717) is 6.42 Å². The fraction of sp³-hybridized carbons (Fsp3) is 0.111. The van der Waals surface area contributed by atoms with E-state index in [9.17, 15) is 10.2 Å². The Bertz CT molecular complexity index is 717. The van der Waals surface area contributed by atoms with Crippen molar-refractivity contribution in [2.45, 2.75) is 12.5 Å². The zero-order chi connectivity index (χ0) is 13.9. The molecule has 0 aliphatic rings. The molecule has 2 nitrogen and oxygen atoms in total. The summed E-state index contributed by atoms with van der Waals surface area (Å²) in [6.45, 7) is 0. The van der Waals surface area contributed by atoms with Crippen LogP contribution in [0.1, 0.15) is 17.2 Å². The molecule has 0 aliphatic heterocycles. The van der Waals surface area contributed by atoms with Gasteiger partial charge in [0.25, 0.3) is 0 Å². The van der Waals surface area contributed by atoms with Crippen molar-refractivity contribution in [1.29, 1.82) is 0 Å².